The van der Waals surface area contributed by atoms with E-state index < -0.39 is 0 Å². The van der Waals surface area contributed by atoms with Crippen LogP contribution in [-0.2, 0) is 9.53 Å². The van der Waals surface area contributed by atoms with Crippen LogP contribution >= 0.6 is 11.8 Å². The van der Waals surface area contributed by atoms with Crippen molar-refractivity contribution < 1.29 is 13.9 Å². The fourth-order valence-corrected chi connectivity index (χ4v) is 10.2. The molecule has 5 unspecified atom stereocenters. The van der Waals surface area contributed by atoms with Crippen molar-refractivity contribution in [2.24, 2.45) is 34.5 Å². The molecule has 0 spiro atoms. The molecule has 6 rings (SSSR count). The molecule has 1 aromatic rings. The van der Waals surface area contributed by atoms with E-state index in [9.17, 15) is 4.79 Å². The summed E-state index contributed by atoms with van der Waals surface area (Å²) in [6.07, 6.45) is 13.3. The number of hydrogen-bond acceptors (Lipinski definition) is 4. The number of furan rings is 1. The molecule has 2 heterocycles. The summed E-state index contributed by atoms with van der Waals surface area (Å²) in [5.74, 6) is 3.63. The van der Waals surface area contributed by atoms with Crippen LogP contribution in [0, 0.1) is 34.5 Å². The first kappa shape index (κ1) is 19.0. The molecule has 0 N–H and O–H groups in total. The van der Waals surface area contributed by atoms with Gasteiger partial charge in [0.1, 0.15) is 0 Å². The Morgan fingerprint density at radius 2 is 2.00 bits per heavy atom. The Hall–Kier alpha value is -0.740. The molecule has 1 saturated heterocycles. The highest BCUT2D eigenvalue weighted by molar-refractivity contribution is 8.14. The summed E-state index contributed by atoms with van der Waals surface area (Å²) >= 11 is 1.57. The first-order chi connectivity index (χ1) is 13.9. The van der Waals surface area contributed by atoms with Crippen molar-refractivity contribution in [3.8, 4) is 0 Å². The zero-order valence-corrected chi connectivity index (χ0v) is 18.8. The molecule has 10 atom stereocenters. The average Bonchev–Trinajstić information content (AvgIpc) is 3.27. The Morgan fingerprint density at radius 3 is 2.76 bits per heavy atom. The van der Waals surface area contributed by atoms with Crippen molar-refractivity contribution >= 4 is 16.9 Å². The van der Waals surface area contributed by atoms with Crippen LogP contribution in [-0.4, -0.2) is 22.6 Å². The highest BCUT2D eigenvalue weighted by Gasteiger charge is 2.66. The van der Waals surface area contributed by atoms with Crippen molar-refractivity contribution in [3.63, 3.8) is 0 Å². The Labute approximate surface area is 178 Å². The second kappa shape index (κ2) is 6.38. The maximum atomic E-state index is 12.0. The highest BCUT2D eigenvalue weighted by atomic mass is 32.2. The molecule has 4 aliphatic carbocycles. The van der Waals surface area contributed by atoms with Gasteiger partial charge in [0.2, 0.25) is 0 Å². The Morgan fingerprint density at radius 1 is 1.14 bits per heavy atom. The predicted octanol–water partition coefficient (Wildman–Crippen LogP) is 6.04. The molecule has 5 aliphatic rings. The smallest absolute Gasteiger partial charge is 0.186 e. The van der Waals surface area contributed by atoms with Gasteiger partial charge in [0.05, 0.1) is 24.7 Å². The predicted molar refractivity (Wildman–Crippen MR) is 115 cm³/mol. The topological polar surface area (TPSA) is 39.4 Å². The van der Waals surface area contributed by atoms with Gasteiger partial charge in [-0.2, -0.15) is 0 Å². The second-order valence-electron chi connectivity index (χ2n) is 11.3. The van der Waals surface area contributed by atoms with Crippen LogP contribution in [0.3, 0.4) is 0 Å². The Bertz CT molecular complexity index is 805. The molecule has 1 aliphatic heterocycles. The Balaban J connectivity index is 1.44. The van der Waals surface area contributed by atoms with Crippen LogP contribution in [0.2, 0.25) is 0 Å². The fourth-order valence-electron chi connectivity index (χ4n) is 9.10. The minimum Gasteiger partial charge on any atom is -0.472 e. The Kier molecular flexibility index (Phi) is 4.18. The number of thioether (sulfide) groups is 1. The largest absolute Gasteiger partial charge is 0.472 e. The van der Waals surface area contributed by atoms with Crippen molar-refractivity contribution in [1.29, 1.82) is 0 Å². The van der Waals surface area contributed by atoms with Crippen molar-refractivity contribution in [2.45, 2.75) is 89.1 Å². The maximum Gasteiger partial charge on any atom is 0.186 e. The van der Waals surface area contributed by atoms with Gasteiger partial charge in [0.25, 0.3) is 0 Å². The van der Waals surface area contributed by atoms with Crippen LogP contribution in [0.25, 0.3) is 0 Å². The summed E-state index contributed by atoms with van der Waals surface area (Å²) in [5, 5.41) is 0.603. The molecule has 1 aromatic heterocycles. The van der Waals surface area contributed by atoms with E-state index in [1.807, 2.05) is 12.5 Å². The third-order valence-corrected chi connectivity index (χ3v) is 11.3. The molecule has 4 heteroatoms. The summed E-state index contributed by atoms with van der Waals surface area (Å²) in [6, 6.07) is 2.19. The summed E-state index contributed by atoms with van der Waals surface area (Å²) in [6.45, 7) is 6.88. The summed E-state index contributed by atoms with van der Waals surface area (Å²) in [4.78, 5) is 12.0. The van der Waals surface area contributed by atoms with Gasteiger partial charge in [-0.1, -0.05) is 25.6 Å². The van der Waals surface area contributed by atoms with Crippen molar-refractivity contribution in [1.82, 2.24) is 0 Å². The van der Waals surface area contributed by atoms with E-state index in [2.05, 4.69) is 19.9 Å². The van der Waals surface area contributed by atoms with Gasteiger partial charge in [0.15, 0.2) is 5.12 Å². The SMILES string of the molecule is CC(=O)SC1CC2CC[C@@H]3[C@H]4CC[C@]5(C)C(c6ccoc6)CC(OC1C[C@@]24C)[C@@H]35. The van der Waals surface area contributed by atoms with Gasteiger partial charge in [0, 0.05) is 12.2 Å². The van der Waals surface area contributed by atoms with E-state index in [1.165, 1.54) is 44.1 Å². The normalized spacial score (nSPS) is 52.8. The van der Waals surface area contributed by atoms with Gasteiger partial charge in [-0.15, -0.1) is 0 Å². The van der Waals surface area contributed by atoms with E-state index in [0.717, 1.165) is 24.2 Å². The molecule has 0 aromatic carbocycles. The third-order valence-electron chi connectivity index (χ3n) is 10.2. The second-order valence-corrected chi connectivity index (χ2v) is 12.7. The lowest BCUT2D eigenvalue weighted by molar-refractivity contribution is -0.198. The van der Waals surface area contributed by atoms with Crippen molar-refractivity contribution in [3.05, 3.63) is 24.2 Å². The first-order valence-electron chi connectivity index (χ1n) is 11.7. The molecule has 4 saturated carbocycles. The van der Waals surface area contributed by atoms with Crippen LogP contribution in [0.15, 0.2) is 23.0 Å². The van der Waals surface area contributed by atoms with E-state index in [0.29, 0.717) is 34.0 Å². The molecule has 0 amide bonds. The number of hydrogen-bond donors (Lipinski definition) is 0. The monoisotopic (exact) mass is 414 g/mol. The summed E-state index contributed by atoms with van der Waals surface area (Å²) in [5.41, 5.74) is 2.09. The van der Waals surface area contributed by atoms with Crippen LogP contribution in [0.1, 0.15) is 77.2 Å². The molecule has 5 fully saturated rings. The van der Waals surface area contributed by atoms with Crippen molar-refractivity contribution in [2.75, 3.05) is 0 Å². The van der Waals surface area contributed by atoms with Gasteiger partial charge < -0.3 is 9.15 Å². The minimum absolute atomic E-state index is 0.240. The van der Waals surface area contributed by atoms with E-state index >= 15 is 0 Å². The lowest BCUT2D eigenvalue weighted by Crippen LogP contribution is -2.60. The molecular formula is C25H34O3S. The number of ether oxygens (including phenoxy) is 1. The zero-order valence-electron chi connectivity index (χ0n) is 17.9. The lowest BCUT2D eigenvalue weighted by Gasteiger charge is -2.64. The van der Waals surface area contributed by atoms with Gasteiger partial charge in [-0.3, -0.25) is 4.79 Å². The fraction of sp³-hybridized carbons (Fsp3) is 0.800. The summed E-state index contributed by atoms with van der Waals surface area (Å²) < 4.78 is 12.6. The number of fused-ring (bicyclic) bond motifs is 1. The van der Waals surface area contributed by atoms with Gasteiger partial charge in [-0.25, -0.2) is 0 Å². The molecule has 3 nitrogen and oxygen atoms in total. The molecule has 158 valence electrons. The van der Waals surface area contributed by atoms with Gasteiger partial charge >= 0.3 is 0 Å². The molecule has 5 bridgehead atoms. The number of carbonyl (C=O) groups is 1. The molecule has 0 radical (unpaired) electrons. The van der Waals surface area contributed by atoms with Crippen LogP contribution < -0.4 is 0 Å². The number of carbonyl (C=O) groups excluding carboxylic acids is 1. The average molecular weight is 415 g/mol. The van der Waals surface area contributed by atoms with E-state index in [4.69, 9.17) is 9.15 Å². The van der Waals surface area contributed by atoms with E-state index in [-0.39, 0.29) is 11.2 Å². The summed E-state index contributed by atoms with van der Waals surface area (Å²) in [7, 11) is 0. The number of rotatable bonds is 2. The standard InChI is InChI=1S/C25H34O3S/c1-14(26)29-22-10-16-4-5-17-18-6-8-24(2)19(15-7-9-27-13-15)11-20(23(17)24)28-21(22)12-25(16,18)3/h7,9,13,16-23H,4-6,8,10-12H2,1-3H3/t16?,17-,18-,19?,20?,21?,22?,23-,24-,25+/m1/s1. The highest BCUT2D eigenvalue weighted by Crippen LogP contribution is 2.71. The van der Waals surface area contributed by atoms with Crippen LogP contribution in [0.4, 0.5) is 0 Å². The maximum absolute atomic E-state index is 12.0. The quantitative estimate of drug-likeness (QED) is 0.591. The van der Waals surface area contributed by atoms with E-state index in [1.54, 1.807) is 18.7 Å². The first-order valence-corrected chi connectivity index (χ1v) is 12.6. The lowest BCUT2D eigenvalue weighted by atomic mass is 9.44. The van der Waals surface area contributed by atoms with Crippen LogP contribution in [0.5, 0.6) is 0 Å². The third kappa shape index (κ3) is 2.57. The molecule has 29 heavy (non-hydrogen) atoms. The minimum atomic E-state index is 0.240. The molecular weight excluding hydrogens is 380 g/mol. The zero-order chi connectivity index (χ0) is 20.0. The van der Waals surface area contributed by atoms with Gasteiger partial charge in [-0.05, 0) is 97.0 Å².